The summed E-state index contributed by atoms with van der Waals surface area (Å²) in [6, 6.07) is 10.9. The summed E-state index contributed by atoms with van der Waals surface area (Å²) in [5, 5.41) is 15.5. The van der Waals surface area contributed by atoms with E-state index in [4.69, 9.17) is 9.26 Å². The Kier molecular flexibility index (Phi) is 4.43. The molecule has 136 valence electrons. The summed E-state index contributed by atoms with van der Waals surface area (Å²) in [7, 11) is 1.60. The van der Waals surface area contributed by atoms with Crippen molar-refractivity contribution in [2.45, 2.75) is 6.92 Å². The largest absolute Gasteiger partial charge is 0.497 e. The summed E-state index contributed by atoms with van der Waals surface area (Å²) in [6.07, 6.45) is 0. The van der Waals surface area contributed by atoms with Crippen LogP contribution in [0.1, 0.15) is 16.3 Å². The van der Waals surface area contributed by atoms with Gasteiger partial charge in [0.1, 0.15) is 16.3 Å². The van der Waals surface area contributed by atoms with Crippen LogP contribution in [0.5, 0.6) is 5.75 Å². The number of methoxy groups -OCH3 is 1. The summed E-state index contributed by atoms with van der Waals surface area (Å²) in [6.45, 7) is 1.74. The van der Waals surface area contributed by atoms with Gasteiger partial charge in [-0.1, -0.05) is 17.3 Å². The molecule has 0 aliphatic rings. The summed E-state index contributed by atoms with van der Waals surface area (Å²) < 4.78 is 10.4. The van der Waals surface area contributed by atoms with Crippen LogP contribution in [0.25, 0.3) is 22.0 Å². The predicted octanol–water partition coefficient (Wildman–Crippen LogP) is 3.76. The van der Waals surface area contributed by atoms with Crippen LogP contribution >= 0.6 is 11.3 Å². The number of aromatic amines is 1. The molecular formula is C18H15N5O3S. The Morgan fingerprint density at radius 3 is 2.96 bits per heavy atom. The number of aryl methyl sites for hydroxylation is 1. The second-order valence-electron chi connectivity index (χ2n) is 5.66. The quantitative estimate of drug-likeness (QED) is 0.545. The van der Waals surface area contributed by atoms with Gasteiger partial charge in [0.05, 0.1) is 18.5 Å². The summed E-state index contributed by atoms with van der Waals surface area (Å²) in [5.41, 5.74) is 2.44. The second kappa shape index (κ2) is 7.04. The fourth-order valence-electron chi connectivity index (χ4n) is 2.52. The van der Waals surface area contributed by atoms with E-state index >= 15 is 0 Å². The Hall–Kier alpha value is -3.46. The zero-order valence-electron chi connectivity index (χ0n) is 14.5. The van der Waals surface area contributed by atoms with Crippen LogP contribution in [0.15, 0.2) is 46.3 Å². The van der Waals surface area contributed by atoms with E-state index in [9.17, 15) is 4.79 Å². The van der Waals surface area contributed by atoms with Gasteiger partial charge in [-0.2, -0.15) is 10.1 Å². The van der Waals surface area contributed by atoms with Crippen LogP contribution < -0.4 is 10.1 Å². The van der Waals surface area contributed by atoms with Gasteiger partial charge in [0, 0.05) is 5.56 Å². The summed E-state index contributed by atoms with van der Waals surface area (Å²) >= 11 is 1.41. The number of hydrogen-bond donors (Lipinski definition) is 2. The van der Waals surface area contributed by atoms with E-state index in [1.165, 1.54) is 11.3 Å². The number of hydrogen-bond acceptors (Lipinski definition) is 7. The number of rotatable bonds is 5. The maximum absolute atomic E-state index is 12.6. The van der Waals surface area contributed by atoms with Crippen LogP contribution in [-0.4, -0.2) is 33.4 Å². The lowest BCUT2D eigenvalue weighted by atomic mass is 10.1. The number of carbonyl (C=O) groups is 1. The van der Waals surface area contributed by atoms with E-state index in [0.29, 0.717) is 33.7 Å². The molecule has 0 saturated heterocycles. The number of anilines is 1. The second-order valence-corrected chi connectivity index (χ2v) is 6.58. The molecule has 1 aromatic carbocycles. The first-order valence-electron chi connectivity index (χ1n) is 8.03. The highest BCUT2D eigenvalue weighted by atomic mass is 32.1. The summed E-state index contributed by atoms with van der Waals surface area (Å²) in [4.78, 5) is 17.5. The average Bonchev–Trinajstić information content (AvgIpc) is 3.42. The van der Waals surface area contributed by atoms with Crippen molar-refractivity contribution < 1.29 is 14.1 Å². The molecule has 4 aromatic rings. The molecular weight excluding hydrogens is 366 g/mol. The van der Waals surface area contributed by atoms with E-state index in [2.05, 4.69) is 25.7 Å². The molecule has 0 aliphatic carbocycles. The Morgan fingerprint density at radius 2 is 2.19 bits per heavy atom. The number of ether oxygens (including phenoxy) is 1. The van der Waals surface area contributed by atoms with Crippen LogP contribution in [0, 0.1) is 6.92 Å². The first-order valence-corrected chi connectivity index (χ1v) is 8.91. The molecule has 0 spiro atoms. The molecule has 2 N–H and O–H groups in total. The van der Waals surface area contributed by atoms with Gasteiger partial charge in [-0.05, 0) is 36.6 Å². The van der Waals surface area contributed by atoms with Crippen molar-refractivity contribution in [3.05, 3.63) is 53.3 Å². The standard InChI is InChI=1S/C18H15N5O3S/c1-10-19-18(26-23-10)16-13(6-7-27-16)20-17(24)15-9-14(21-22-15)11-4-3-5-12(8-11)25-2/h3-9H,1-2H3,(H,20,24)(H,21,22). The third-order valence-corrected chi connectivity index (χ3v) is 4.73. The number of aromatic nitrogens is 4. The molecule has 9 heteroatoms. The van der Waals surface area contributed by atoms with Crippen molar-refractivity contribution >= 4 is 22.9 Å². The Bertz CT molecular complexity index is 1100. The number of benzene rings is 1. The maximum Gasteiger partial charge on any atom is 0.273 e. The SMILES string of the molecule is COc1cccc(-c2cc(C(=O)Nc3ccsc3-c3nc(C)no3)[nH]n2)c1. The van der Waals surface area contributed by atoms with E-state index in [-0.39, 0.29) is 5.91 Å². The molecule has 8 nitrogen and oxygen atoms in total. The van der Waals surface area contributed by atoms with Crippen LogP contribution in [-0.2, 0) is 0 Å². The number of nitrogens with zero attached hydrogens (tertiary/aromatic N) is 3. The van der Waals surface area contributed by atoms with Crippen LogP contribution in [0.3, 0.4) is 0 Å². The first kappa shape index (κ1) is 17.0. The molecule has 0 atom stereocenters. The van der Waals surface area contributed by atoms with Gasteiger partial charge < -0.3 is 14.6 Å². The van der Waals surface area contributed by atoms with E-state index < -0.39 is 0 Å². The fraction of sp³-hybridized carbons (Fsp3) is 0.111. The van der Waals surface area contributed by atoms with Crippen molar-refractivity contribution in [3.8, 4) is 27.8 Å². The lowest BCUT2D eigenvalue weighted by molar-refractivity contribution is 0.102. The Balaban J connectivity index is 1.55. The smallest absolute Gasteiger partial charge is 0.273 e. The normalized spacial score (nSPS) is 10.7. The molecule has 0 unspecified atom stereocenters. The molecule has 4 rings (SSSR count). The molecule has 0 bridgehead atoms. The van der Waals surface area contributed by atoms with Crippen molar-refractivity contribution in [1.29, 1.82) is 0 Å². The number of amides is 1. The number of thiophene rings is 1. The minimum atomic E-state index is -0.312. The molecule has 0 fully saturated rings. The number of H-pyrrole nitrogens is 1. The number of nitrogens with one attached hydrogen (secondary N) is 2. The van der Waals surface area contributed by atoms with Crippen LogP contribution in [0.4, 0.5) is 5.69 Å². The zero-order valence-corrected chi connectivity index (χ0v) is 15.3. The van der Waals surface area contributed by atoms with Crippen molar-refractivity contribution in [1.82, 2.24) is 20.3 Å². The van der Waals surface area contributed by atoms with E-state index in [1.54, 1.807) is 26.2 Å². The van der Waals surface area contributed by atoms with Gasteiger partial charge in [-0.25, -0.2) is 0 Å². The molecule has 3 aromatic heterocycles. The first-order chi connectivity index (χ1) is 13.1. The Labute approximate surface area is 158 Å². The highest BCUT2D eigenvalue weighted by Gasteiger charge is 2.17. The Morgan fingerprint density at radius 1 is 1.30 bits per heavy atom. The molecule has 0 saturated carbocycles. The lowest BCUT2D eigenvalue weighted by Crippen LogP contribution is -2.12. The van der Waals surface area contributed by atoms with Gasteiger partial charge >= 0.3 is 0 Å². The highest BCUT2D eigenvalue weighted by molar-refractivity contribution is 7.14. The average molecular weight is 381 g/mol. The summed E-state index contributed by atoms with van der Waals surface area (Å²) in [5.74, 6) is 1.32. The minimum absolute atomic E-state index is 0.312. The lowest BCUT2D eigenvalue weighted by Gasteiger charge is -2.02. The fourth-order valence-corrected chi connectivity index (χ4v) is 3.29. The van der Waals surface area contributed by atoms with Crippen LogP contribution in [0.2, 0.25) is 0 Å². The van der Waals surface area contributed by atoms with Gasteiger partial charge in [-0.3, -0.25) is 9.89 Å². The topological polar surface area (TPSA) is 106 Å². The number of carbonyl (C=O) groups excluding carboxylic acids is 1. The third-order valence-electron chi connectivity index (χ3n) is 3.82. The predicted molar refractivity (Wildman–Crippen MR) is 101 cm³/mol. The van der Waals surface area contributed by atoms with Crippen molar-refractivity contribution in [2.24, 2.45) is 0 Å². The molecule has 3 heterocycles. The van der Waals surface area contributed by atoms with Gasteiger partial charge in [0.2, 0.25) is 0 Å². The maximum atomic E-state index is 12.6. The van der Waals surface area contributed by atoms with Gasteiger partial charge in [-0.15, -0.1) is 11.3 Å². The minimum Gasteiger partial charge on any atom is -0.497 e. The van der Waals surface area contributed by atoms with Gasteiger partial charge in [0.25, 0.3) is 11.8 Å². The molecule has 0 aliphatic heterocycles. The zero-order chi connectivity index (χ0) is 18.8. The highest BCUT2D eigenvalue weighted by Crippen LogP contribution is 2.33. The molecule has 27 heavy (non-hydrogen) atoms. The van der Waals surface area contributed by atoms with Crippen molar-refractivity contribution in [3.63, 3.8) is 0 Å². The van der Waals surface area contributed by atoms with E-state index in [1.807, 2.05) is 29.6 Å². The molecule has 1 amide bonds. The third kappa shape index (κ3) is 3.44. The molecule has 0 radical (unpaired) electrons. The monoisotopic (exact) mass is 381 g/mol. The van der Waals surface area contributed by atoms with Gasteiger partial charge in [0.15, 0.2) is 5.82 Å². The van der Waals surface area contributed by atoms with E-state index in [0.717, 1.165) is 11.3 Å². The van der Waals surface area contributed by atoms with Crippen molar-refractivity contribution in [2.75, 3.05) is 12.4 Å².